The molecular weight excluding hydrogens is 961 g/mol. The van der Waals surface area contributed by atoms with Gasteiger partial charge in [-0.15, -0.1) is 0 Å². The summed E-state index contributed by atoms with van der Waals surface area (Å²) in [5.74, 6) is -0.950. The Balaban J connectivity index is 4.42. The molecule has 0 spiro atoms. The molecule has 0 N–H and O–H groups in total. The summed E-state index contributed by atoms with van der Waals surface area (Å²) in [7, 11) is 0. The van der Waals surface area contributed by atoms with Crippen LogP contribution in [0.25, 0.3) is 0 Å². The lowest BCUT2D eigenvalue weighted by Gasteiger charge is -2.18. The van der Waals surface area contributed by atoms with Crippen molar-refractivity contribution in [2.45, 2.75) is 303 Å². The number of carbonyl (C=O) groups excluding carboxylic acids is 3. The van der Waals surface area contributed by atoms with Crippen LogP contribution in [0.2, 0.25) is 0 Å². The topological polar surface area (TPSA) is 78.9 Å². The molecule has 1 atom stereocenters. The van der Waals surface area contributed by atoms with Gasteiger partial charge in [-0.1, -0.05) is 290 Å². The van der Waals surface area contributed by atoms with Crippen molar-refractivity contribution in [2.75, 3.05) is 13.2 Å². The van der Waals surface area contributed by atoms with Crippen molar-refractivity contribution >= 4 is 17.9 Å². The molecule has 0 rings (SSSR count). The van der Waals surface area contributed by atoms with Crippen molar-refractivity contribution < 1.29 is 28.6 Å². The molecule has 0 heterocycles. The zero-order valence-electron chi connectivity index (χ0n) is 50.9. The molecular formula is C72H120O6. The Morgan fingerprint density at radius 1 is 0.269 bits per heavy atom. The summed E-state index contributed by atoms with van der Waals surface area (Å²) in [6.45, 7) is 6.44. The Bertz CT molecular complexity index is 1620. The lowest BCUT2D eigenvalue weighted by atomic mass is 10.0. The van der Waals surface area contributed by atoms with Crippen molar-refractivity contribution in [3.63, 3.8) is 0 Å². The fraction of sp³-hybridized carbons (Fsp3) is 0.681. The van der Waals surface area contributed by atoms with Crippen LogP contribution >= 0.6 is 0 Å². The number of unbranched alkanes of at least 4 members (excludes halogenated alkanes) is 27. The van der Waals surface area contributed by atoms with Crippen LogP contribution in [0.3, 0.4) is 0 Å². The number of rotatable bonds is 58. The summed E-state index contributed by atoms with van der Waals surface area (Å²) in [5, 5.41) is 0. The summed E-state index contributed by atoms with van der Waals surface area (Å²) in [6.07, 6.45) is 90.7. The molecule has 444 valence electrons. The molecule has 0 saturated heterocycles. The van der Waals surface area contributed by atoms with Crippen molar-refractivity contribution in [3.05, 3.63) is 122 Å². The highest BCUT2D eigenvalue weighted by atomic mass is 16.6. The zero-order chi connectivity index (χ0) is 56.4. The molecule has 0 radical (unpaired) electrons. The molecule has 1 unspecified atom stereocenters. The van der Waals surface area contributed by atoms with Gasteiger partial charge in [0.2, 0.25) is 0 Å². The van der Waals surface area contributed by atoms with Gasteiger partial charge in [-0.2, -0.15) is 0 Å². The minimum Gasteiger partial charge on any atom is -0.462 e. The molecule has 0 aromatic heterocycles. The predicted molar refractivity (Wildman–Crippen MR) is 339 cm³/mol. The SMILES string of the molecule is CC/C=C\C/C=C\C/C=C\C/C=C\C/C=C\C/C=C\C/C=C\C/C=C\CCCCC(=O)OCC(COC(=O)CCCCCCC/C=C\C/C=C\CCC)OC(=O)CCCCCCCCCCCCCCCCCCCCCC. The number of ether oxygens (including phenoxy) is 3. The van der Waals surface area contributed by atoms with E-state index >= 15 is 0 Å². The monoisotopic (exact) mass is 1080 g/mol. The van der Waals surface area contributed by atoms with Gasteiger partial charge in [0.25, 0.3) is 0 Å². The second-order valence-electron chi connectivity index (χ2n) is 21.3. The standard InChI is InChI=1S/C72H120O6/c1-4-7-10-13-16-19-22-25-27-29-31-33-34-35-36-37-38-39-41-42-44-47-50-53-56-59-62-65-71(74)77-68-69(67-76-70(73)64-61-58-55-52-49-46-24-21-18-15-12-9-6-3)78-72(75)66-63-60-57-54-51-48-45-43-40-32-30-28-26-23-20-17-14-11-8-5-2/h7,10,12,15-16,19,21,24-25,27,31,33,35-36,38-39,42,44,50,53,69H,4-6,8-9,11,13-14,17-18,20,22-23,26,28-30,32,34,37,40-41,43,45-49,51-52,54-68H2,1-3H3/b10-7-,15-12-,19-16-,24-21-,27-25-,33-31-,36-35-,39-38-,44-42-,53-50-. The molecule has 0 aliphatic carbocycles. The van der Waals surface area contributed by atoms with E-state index in [4.69, 9.17) is 14.2 Å². The van der Waals surface area contributed by atoms with E-state index in [0.29, 0.717) is 25.7 Å². The number of esters is 3. The average molecular weight is 1080 g/mol. The summed E-state index contributed by atoms with van der Waals surface area (Å²) in [6, 6.07) is 0. The number of hydrogen-bond donors (Lipinski definition) is 0. The van der Waals surface area contributed by atoms with Gasteiger partial charge in [0, 0.05) is 19.3 Å². The number of carbonyl (C=O) groups is 3. The van der Waals surface area contributed by atoms with E-state index in [2.05, 4.69) is 142 Å². The fourth-order valence-electron chi connectivity index (χ4n) is 8.85. The maximum Gasteiger partial charge on any atom is 0.306 e. The Kier molecular flexibility index (Phi) is 61.8. The molecule has 0 aliphatic rings. The van der Waals surface area contributed by atoms with Crippen LogP contribution in [0, 0.1) is 0 Å². The highest BCUT2D eigenvalue weighted by molar-refractivity contribution is 5.71. The van der Waals surface area contributed by atoms with Crippen LogP contribution in [-0.4, -0.2) is 37.2 Å². The van der Waals surface area contributed by atoms with Gasteiger partial charge in [-0.25, -0.2) is 0 Å². The second-order valence-corrected chi connectivity index (χ2v) is 21.3. The van der Waals surface area contributed by atoms with Gasteiger partial charge in [0.1, 0.15) is 13.2 Å². The van der Waals surface area contributed by atoms with E-state index < -0.39 is 6.10 Å². The molecule has 6 nitrogen and oxygen atoms in total. The molecule has 0 fully saturated rings. The first kappa shape index (κ1) is 73.8. The van der Waals surface area contributed by atoms with Crippen LogP contribution in [0.5, 0.6) is 0 Å². The van der Waals surface area contributed by atoms with Crippen LogP contribution in [-0.2, 0) is 28.6 Å². The normalized spacial score (nSPS) is 12.9. The van der Waals surface area contributed by atoms with Crippen LogP contribution in [0.1, 0.15) is 297 Å². The third-order valence-electron chi connectivity index (χ3n) is 13.7. The summed E-state index contributed by atoms with van der Waals surface area (Å²) < 4.78 is 16.9. The van der Waals surface area contributed by atoms with E-state index in [9.17, 15) is 14.4 Å². The molecule has 0 bridgehead atoms. The second kappa shape index (κ2) is 65.3. The minimum atomic E-state index is -0.805. The Morgan fingerprint density at radius 2 is 0.526 bits per heavy atom. The molecule has 78 heavy (non-hydrogen) atoms. The van der Waals surface area contributed by atoms with E-state index in [-0.39, 0.29) is 31.1 Å². The molecule has 0 aromatic rings. The third-order valence-corrected chi connectivity index (χ3v) is 13.7. The van der Waals surface area contributed by atoms with Crippen molar-refractivity contribution in [1.82, 2.24) is 0 Å². The van der Waals surface area contributed by atoms with Crippen LogP contribution in [0.4, 0.5) is 0 Å². The summed E-state index contributed by atoms with van der Waals surface area (Å²) in [5.41, 5.74) is 0. The zero-order valence-corrected chi connectivity index (χ0v) is 50.9. The van der Waals surface area contributed by atoms with Crippen molar-refractivity contribution in [3.8, 4) is 0 Å². The highest BCUT2D eigenvalue weighted by Gasteiger charge is 2.19. The van der Waals surface area contributed by atoms with E-state index in [1.807, 2.05) is 0 Å². The summed E-state index contributed by atoms with van der Waals surface area (Å²) in [4.78, 5) is 38.3. The highest BCUT2D eigenvalue weighted by Crippen LogP contribution is 2.16. The smallest absolute Gasteiger partial charge is 0.306 e. The van der Waals surface area contributed by atoms with Gasteiger partial charge in [0.15, 0.2) is 6.10 Å². The average Bonchev–Trinajstić information content (AvgIpc) is 3.44. The molecule has 6 heteroatoms. The number of allylic oxidation sites excluding steroid dienone is 20. The fourth-order valence-corrected chi connectivity index (χ4v) is 8.85. The largest absolute Gasteiger partial charge is 0.462 e. The van der Waals surface area contributed by atoms with Gasteiger partial charge in [0.05, 0.1) is 0 Å². The maximum absolute atomic E-state index is 12.9. The van der Waals surface area contributed by atoms with Crippen LogP contribution < -0.4 is 0 Å². The Morgan fingerprint density at radius 3 is 0.859 bits per heavy atom. The minimum absolute atomic E-state index is 0.0995. The molecule has 0 amide bonds. The number of hydrogen-bond acceptors (Lipinski definition) is 6. The molecule has 0 saturated carbocycles. The maximum atomic E-state index is 12.9. The first-order valence-corrected chi connectivity index (χ1v) is 32.5. The van der Waals surface area contributed by atoms with Gasteiger partial charge in [-0.3, -0.25) is 14.4 Å². The van der Waals surface area contributed by atoms with Gasteiger partial charge in [-0.05, 0) is 109 Å². The van der Waals surface area contributed by atoms with E-state index in [1.54, 1.807) is 0 Å². The first-order valence-electron chi connectivity index (χ1n) is 32.5. The lowest BCUT2D eigenvalue weighted by Crippen LogP contribution is -2.30. The molecule has 0 aliphatic heterocycles. The Labute approximate surface area is 482 Å². The van der Waals surface area contributed by atoms with Gasteiger partial charge >= 0.3 is 17.9 Å². The Hall–Kier alpha value is -4.19. The van der Waals surface area contributed by atoms with Crippen molar-refractivity contribution in [2.24, 2.45) is 0 Å². The predicted octanol–water partition coefficient (Wildman–Crippen LogP) is 22.4. The summed E-state index contributed by atoms with van der Waals surface area (Å²) >= 11 is 0. The van der Waals surface area contributed by atoms with Crippen molar-refractivity contribution in [1.29, 1.82) is 0 Å². The van der Waals surface area contributed by atoms with Gasteiger partial charge < -0.3 is 14.2 Å². The lowest BCUT2D eigenvalue weighted by molar-refractivity contribution is -0.167. The van der Waals surface area contributed by atoms with Crippen LogP contribution in [0.15, 0.2) is 122 Å². The third kappa shape index (κ3) is 62.7. The van der Waals surface area contributed by atoms with E-state index in [0.717, 1.165) is 135 Å². The first-order chi connectivity index (χ1) is 38.5. The quantitative estimate of drug-likeness (QED) is 0.0261. The van der Waals surface area contributed by atoms with E-state index in [1.165, 1.54) is 116 Å². The molecule has 0 aromatic carbocycles.